The molecule has 1 aromatic rings. The van der Waals surface area contributed by atoms with Gasteiger partial charge < -0.3 is 16.4 Å². The maximum Gasteiger partial charge on any atom is 0.239 e. The fraction of sp³-hybridized carbons (Fsp3) is 0.200. The molecule has 1 rings (SSSR count). The van der Waals surface area contributed by atoms with Crippen LogP contribution >= 0.6 is 22.6 Å². The van der Waals surface area contributed by atoms with E-state index in [-0.39, 0.29) is 19.0 Å². The van der Waals surface area contributed by atoms with Gasteiger partial charge >= 0.3 is 0 Å². The number of rotatable bonds is 5. The van der Waals surface area contributed by atoms with Crippen LogP contribution < -0.4 is 16.4 Å². The van der Waals surface area contributed by atoms with Crippen LogP contribution in [-0.4, -0.2) is 24.9 Å². The number of amides is 2. The highest BCUT2D eigenvalue weighted by molar-refractivity contribution is 14.1. The van der Waals surface area contributed by atoms with Crippen molar-refractivity contribution in [2.45, 2.75) is 0 Å². The number of benzene rings is 1. The lowest BCUT2D eigenvalue weighted by atomic mass is 10.3. The van der Waals surface area contributed by atoms with Gasteiger partial charge in [0.15, 0.2) is 0 Å². The van der Waals surface area contributed by atoms with Gasteiger partial charge in [0.2, 0.25) is 11.8 Å². The van der Waals surface area contributed by atoms with Gasteiger partial charge in [-0.1, -0.05) is 0 Å². The van der Waals surface area contributed by atoms with Crippen LogP contribution in [-0.2, 0) is 9.59 Å². The zero-order chi connectivity index (χ0) is 12.0. The van der Waals surface area contributed by atoms with Gasteiger partial charge in [0, 0.05) is 9.26 Å². The van der Waals surface area contributed by atoms with Gasteiger partial charge in [0.05, 0.1) is 13.1 Å². The Morgan fingerprint density at radius 1 is 1.19 bits per heavy atom. The van der Waals surface area contributed by atoms with Crippen molar-refractivity contribution in [3.8, 4) is 0 Å². The molecule has 0 spiro atoms. The Kier molecular flexibility index (Phi) is 5.03. The third kappa shape index (κ3) is 4.96. The van der Waals surface area contributed by atoms with E-state index in [1.165, 1.54) is 0 Å². The Morgan fingerprint density at radius 2 is 1.81 bits per heavy atom. The number of carbonyl (C=O) groups excluding carboxylic acids is 2. The molecule has 86 valence electrons. The van der Waals surface area contributed by atoms with Crippen molar-refractivity contribution < 1.29 is 9.59 Å². The van der Waals surface area contributed by atoms with E-state index in [0.29, 0.717) is 0 Å². The lowest BCUT2D eigenvalue weighted by Gasteiger charge is -2.06. The Bertz CT molecular complexity index is 378. The summed E-state index contributed by atoms with van der Waals surface area (Å²) in [6.07, 6.45) is 0. The molecule has 4 N–H and O–H groups in total. The van der Waals surface area contributed by atoms with E-state index in [0.717, 1.165) is 9.26 Å². The third-order valence-electron chi connectivity index (χ3n) is 1.76. The SMILES string of the molecule is NC(=O)CNC(=O)CNc1ccc(I)cc1. The van der Waals surface area contributed by atoms with Gasteiger partial charge in [-0.3, -0.25) is 9.59 Å². The molecule has 0 aliphatic heterocycles. The molecular formula is C10H12IN3O2. The Labute approximate surface area is 107 Å². The van der Waals surface area contributed by atoms with Crippen LogP contribution in [0.2, 0.25) is 0 Å². The van der Waals surface area contributed by atoms with Crippen LogP contribution in [0.4, 0.5) is 5.69 Å². The molecule has 16 heavy (non-hydrogen) atoms. The Morgan fingerprint density at radius 3 is 2.38 bits per heavy atom. The zero-order valence-electron chi connectivity index (χ0n) is 8.50. The van der Waals surface area contributed by atoms with Crippen LogP contribution in [0.3, 0.4) is 0 Å². The van der Waals surface area contributed by atoms with Crippen LogP contribution in [0.25, 0.3) is 0 Å². The highest BCUT2D eigenvalue weighted by Crippen LogP contribution is 2.10. The number of nitrogens with one attached hydrogen (secondary N) is 2. The molecule has 0 unspecified atom stereocenters. The number of hydrogen-bond donors (Lipinski definition) is 3. The van der Waals surface area contributed by atoms with Crippen molar-refractivity contribution in [2.75, 3.05) is 18.4 Å². The maximum atomic E-state index is 11.2. The molecule has 2 amide bonds. The number of nitrogens with two attached hydrogens (primary N) is 1. The van der Waals surface area contributed by atoms with E-state index in [2.05, 4.69) is 33.2 Å². The van der Waals surface area contributed by atoms with E-state index in [4.69, 9.17) is 5.73 Å². The summed E-state index contributed by atoms with van der Waals surface area (Å²) in [4.78, 5) is 21.6. The molecule has 0 bridgehead atoms. The van der Waals surface area contributed by atoms with Crippen LogP contribution in [0.1, 0.15) is 0 Å². The van der Waals surface area contributed by atoms with Crippen molar-refractivity contribution in [1.29, 1.82) is 0 Å². The van der Waals surface area contributed by atoms with Crippen molar-refractivity contribution in [2.24, 2.45) is 5.73 Å². The van der Waals surface area contributed by atoms with Crippen molar-refractivity contribution >= 4 is 40.1 Å². The summed E-state index contributed by atoms with van der Waals surface area (Å²) < 4.78 is 1.13. The van der Waals surface area contributed by atoms with Gasteiger partial charge in [-0.05, 0) is 46.9 Å². The third-order valence-corrected chi connectivity index (χ3v) is 2.48. The topological polar surface area (TPSA) is 84.2 Å². The lowest BCUT2D eigenvalue weighted by molar-refractivity contribution is -0.123. The van der Waals surface area contributed by atoms with Crippen LogP contribution in [0.15, 0.2) is 24.3 Å². The van der Waals surface area contributed by atoms with Crippen LogP contribution in [0, 0.1) is 3.57 Å². The van der Waals surface area contributed by atoms with Gasteiger partial charge in [-0.2, -0.15) is 0 Å². The van der Waals surface area contributed by atoms with Gasteiger partial charge in [0.1, 0.15) is 0 Å². The highest BCUT2D eigenvalue weighted by Gasteiger charge is 2.01. The average molecular weight is 333 g/mol. The van der Waals surface area contributed by atoms with Gasteiger partial charge in [-0.15, -0.1) is 0 Å². The minimum absolute atomic E-state index is 0.119. The van der Waals surface area contributed by atoms with Gasteiger partial charge in [0.25, 0.3) is 0 Å². The fourth-order valence-corrected chi connectivity index (χ4v) is 1.36. The summed E-state index contributed by atoms with van der Waals surface area (Å²) in [6, 6.07) is 7.63. The smallest absolute Gasteiger partial charge is 0.239 e. The summed E-state index contributed by atoms with van der Waals surface area (Å²) >= 11 is 2.20. The first kappa shape index (κ1) is 12.8. The zero-order valence-corrected chi connectivity index (χ0v) is 10.7. The molecular weight excluding hydrogens is 321 g/mol. The minimum Gasteiger partial charge on any atom is -0.376 e. The van der Waals surface area contributed by atoms with Crippen molar-refractivity contribution in [1.82, 2.24) is 5.32 Å². The first-order valence-electron chi connectivity index (χ1n) is 4.62. The maximum absolute atomic E-state index is 11.2. The Balaban J connectivity index is 2.31. The van der Waals surface area contributed by atoms with E-state index in [1.54, 1.807) is 0 Å². The minimum atomic E-state index is -0.553. The molecule has 0 radical (unpaired) electrons. The second kappa shape index (κ2) is 6.31. The monoisotopic (exact) mass is 333 g/mol. The van der Waals surface area contributed by atoms with Crippen molar-refractivity contribution in [3.05, 3.63) is 27.8 Å². The molecule has 0 aliphatic carbocycles. The molecule has 6 heteroatoms. The summed E-state index contributed by atoms with van der Waals surface area (Å²) in [5.41, 5.74) is 5.75. The normalized spacial score (nSPS) is 9.56. The summed E-state index contributed by atoms with van der Waals surface area (Å²) in [5.74, 6) is -0.819. The summed E-state index contributed by atoms with van der Waals surface area (Å²) in [7, 11) is 0. The number of anilines is 1. The standard InChI is InChI=1S/C10H12IN3O2/c11-7-1-3-8(4-2-7)13-6-10(16)14-5-9(12)15/h1-4,13H,5-6H2,(H2,12,15)(H,14,16). The lowest BCUT2D eigenvalue weighted by Crippen LogP contribution is -2.36. The molecule has 1 aromatic carbocycles. The molecule has 0 atom stereocenters. The molecule has 0 heterocycles. The molecule has 0 saturated heterocycles. The molecule has 0 aromatic heterocycles. The fourth-order valence-electron chi connectivity index (χ4n) is 0.998. The predicted molar refractivity (Wildman–Crippen MR) is 69.9 cm³/mol. The summed E-state index contributed by atoms with van der Waals surface area (Å²) in [6.45, 7) is -0.0128. The first-order valence-corrected chi connectivity index (χ1v) is 5.70. The van der Waals surface area contributed by atoms with E-state index in [9.17, 15) is 9.59 Å². The molecule has 0 saturated carbocycles. The molecule has 5 nitrogen and oxygen atoms in total. The quantitative estimate of drug-likeness (QED) is 0.678. The second-order valence-electron chi connectivity index (χ2n) is 3.10. The average Bonchev–Trinajstić information content (AvgIpc) is 2.25. The number of hydrogen-bond acceptors (Lipinski definition) is 3. The summed E-state index contributed by atoms with van der Waals surface area (Å²) in [5, 5.41) is 5.31. The first-order chi connectivity index (χ1) is 7.58. The van der Waals surface area contributed by atoms with E-state index >= 15 is 0 Å². The van der Waals surface area contributed by atoms with Crippen molar-refractivity contribution in [3.63, 3.8) is 0 Å². The van der Waals surface area contributed by atoms with E-state index < -0.39 is 5.91 Å². The van der Waals surface area contributed by atoms with Crippen LogP contribution in [0.5, 0.6) is 0 Å². The van der Waals surface area contributed by atoms with E-state index in [1.807, 2.05) is 24.3 Å². The number of halogens is 1. The number of primary amides is 1. The Hall–Kier alpha value is -1.31. The predicted octanol–water partition coefficient (Wildman–Crippen LogP) is 0.305. The number of carbonyl (C=O) groups is 2. The molecule has 0 fully saturated rings. The second-order valence-corrected chi connectivity index (χ2v) is 4.35. The largest absolute Gasteiger partial charge is 0.376 e. The van der Waals surface area contributed by atoms with Gasteiger partial charge in [-0.25, -0.2) is 0 Å². The highest BCUT2D eigenvalue weighted by atomic mass is 127. The molecule has 0 aliphatic rings.